The maximum Gasteiger partial charge on any atom is 0.255 e. The molecule has 1 saturated heterocycles. The summed E-state index contributed by atoms with van der Waals surface area (Å²) in [6, 6.07) is 4.26. The van der Waals surface area contributed by atoms with Gasteiger partial charge in [0.2, 0.25) is 5.78 Å². The predicted octanol–water partition coefficient (Wildman–Crippen LogP) is 1.04. The van der Waals surface area contributed by atoms with E-state index in [4.69, 9.17) is 10.2 Å². The van der Waals surface area contributed by atoms with Gasteiger partial charge in [0.1, 0.15) is 34.4 Å². The number of nitrogens with zero attached hydrogens (tertiary/aromatic N) is 4. The number of piperazine rings is 1. The minimum atomic E-state index is -2.69. The van der Waals surface area contributed by atoms with Gasteiger partial charge >= 0.3 is 0 Å². The van der Waals surface area contributed by atoms with Crippen molar-refractivity contribution in [1.82, 2.24) is 14.7 Å². The first kappa shape index (κ1) is 31.8. The molecule has 1 amide bonds. The molecule has 1 aromatic heterocycles. The number of carbonyl (C=O) groups excluding carboxylic acids is 3. The summed E-state index contributed by atoms with van der Waals surface area (Å²) in [7, 11) is 8.89. The van der Waals surface area contributed by atoms with Gasteiger partial charge in [-0.2, -0.15) is 0 Å². The van der Waals surface area contributed by atoms with Crippen molar-refractivity contribution < 1.29 is 39.2 Å². The van der Waals surface area contributed by atoms with Gasteiger partial charge in [0.15, 0.2) is 11.4 Å². The Bertz CT molecular complexity index is 1700. The zero-order valence-corrected chi connectivity index (χ0v) is 26.7. The van der Waals surface area contributed by atoms with Gasteiger partial charge in [-0.25, -0.2) is 0 Å². The smallest absolute Gasteiger partial charge is 0.255 e. The zero-order chi connectivity index (χ0) is 33.4. The van der Waals surface area contributed by atoms with Crippen LogP contribution in [0.25, 0.3) is 17.1 Å². The molecule has 0 spiro atoms. The van der Waals surface area contributed by atoms with Gasteiger partial charge in [0.05, 0.1) is 23.7 Å². The van der Waals surface area contributed by atoms with E-state index in [1.54, 1.807) is 26.2 Å². The van der Waals surface area contributed by atoms with Crippen molar-refractivity contribution in [1.29, 1.82) is 0 Å². The van der Waals surface area contributed by atoms with Crippen molar-refractivity contribution in [3.8, 4) is 17.1 Å². The van der Waals surface area contributed by atoms with Crippen molar-refractivity contribution in [2.45, 2.75) is 31.0 Å². The number of nitrogens with two attached hydrogens (primary N) is 1. The van der Waals surface area contributed by atoms with Crippen LogP contribution in [0.3, 0.4) is 0 Å². The van der Waals surface area contributed by atoms with Crippen LogP contribution in [0.1, 0.15) is 23.3 Å². The highest BCUT2D eigenvalue weighted by Crippen LogP contribution is 2.55. The molecular weight excluding hydrogens is 594 g/mol. The van der Waals surface area contributed by atoms with Gasteiger partial charge in [-0.15, -0.1) is 0 Å². The van der Waals surface area contributed by atoms with Crippen LogP contribution in [0, 0.1) is 11.8 Å². The van der Waals surface area contributed by atoms with Crippen molar-refractivity contribution in [3.05, 3.63) is 52.0 Å². The Balaban J connectivity index is 1.46. The number of likely N-dealkylation sites (N-methyl/N-ethyl adjacent to an activating group) is 2. The molecule has 13 heteroatoms. The molecule has 1 saturated carbocycles. The first-order valence-electron chi connectivity index (χ1n) is 15.4. The lowest BCUT2D eigenvalue weighted by Gasteiger charge is -2.50. The number of rotatable bonds is 6. The maximum absolute atomic E-state index is 14.2. The summed E-state index contributed by atoms with van der Waals surface area (Å²) >= 11 is 0. The number of carbonyl (C=O) groups is 3. The fourth-order valence-electron chi connectivity index (χ4n) is 7.71. The summed E-state index contributed by atoms with van der Waals surface area (Å²) in [6.45, 7) is 4.32. The van der Waals surface area contributed by atoms with E-state index in [2.05, 4.69) is 16.8 Å². The number of amides is 1. The number of fused-ring (bicyclic) bond motifs is 3. The van der Waals surface area contributed by atoms with Crippen molar-refractivity contribution in [2.24, 2.45) is 17.6 Å². The summed E-state index contributed by atoms with van der Waals surface area (Å²) in [5.74, 6) is -5.75. The molecule has 0 radical (unpaired) electrons. The first-order valence-corrected chi connectivity index (χ1v) is 15.4. The summed E-state index contributed by atoms with van der Waals surface area (Å²) in [5.41, 5.74) is 3.30. The minimum Gasteiger partial charge on any atom is -0.508 e. The lowest BCUT2D eigenvalue weighted by Crippen LogP contribution is -2.65. The Kier molecular flexibility index (Phi) is 7.79. The molecule has 2 heterocycles. The molecular formula is C33H41N5O8. The van der Waals surface area contributed by atoms with Crippen LogP contribution >= 0.6 is 0 Å². The van der Waals surface area contributed by atoms with Gasteiger partial charge in [-0.3, -0.25) is 24.2 Å². The van der Waals surface area contributed by atoms with Crippen LogP contribution < -0.4 is 10.6 Å². The van der Waals surface area contributed by atoms with E-state index in [0.29, 0.717) is 29.1 Å². The quantitative estimate of drug-likeness (QED) is 0.285. The van der Waals surface area contributed by atoms with Crippen LogP contribution in [-0.4, -0.2) is 126 Å². The molecule has 46 heavy (non-hydrogen) atoms. The third-order valence-electron chi connectivity index (χ3n) is 10.1. The molecule has 4 aliphatic rings. The SMILES string of the molecule is CN1CCN(Cc2ccc(-c3cc(N(C)C)c4c(c3O)C(O)=C3C(=O)[C@@]5(O)C(O)=C(C(N)=O)C(=O)[C@H](N(C)C)[C@H]5C[C@H]3C4)o2)CC1. The second-order valence-electron chi connectivity index (χ2n) is 13.3. The lowest BCUT2D eigenvalue weighted by atomic mass is 9.57. The number of benzene rings is 1. The van der Waals surface area contributed by atoms with E-state index in [9.17, 15) is 34.8 Å². The first-order chi connectivity index (χ1) is 21.7. The number of Topliss-reactive ketones (excluding diaryl/α,β-unsaturated/α-hetero) is 2. The number of ketones is 2. The van der Waals surface area contributed by atoms with Gasteiger partial charge in [0, 0.05) is 57.5 Å². The summed E-state index contributed by atoms with van der Waals surface area (Å²) in [5, 5.41) is 46.5. The third-order valence-corrected chi connectivity index (χ3v) is 10.1. The molecule has 6 rings (SSSR count). The molecule has 1 aromatic carbocycles. The molecule has 13 nitrogen and oxygen atoms in total. The van der Waals surface area contributed by atoms with Crippen LogP contribution in [0.2, 0.25) is 0 Å². The Labute approximate surface area is 266 Å². The number of anilines is 1. The maximum atomic E-state index is 14.2. The number of aromatic hydroxyl groups is 1. The number of hydrogen-bond donors (Lipinski definition) is 5. The highest BCUT2D eigenvalue weighted by Gasteiger charge is 2.64. The average Bonchev–Trinajstić information content (AvgIpc) is 3.44. The van der Waals surface area contributed by atoms with E-state index in [1.165, 1.54) is 4.90 Å². The third kappa shape index (κ3) is 4.72. The Morgan fingerprint density at radius 1 is 1.09 bits per heavy atom. The molecule has 0 bridgehead atoms. The Morgan fingerprint density at radius 3 is 2.37 bits per heavy atom. The standard InChI is InChI=1S/C33H41N5O8/c1-35(2)21-14-19(22-7-6-17(46-22)15-38-10-8-37(5)9-11-38)27(39)24-18(21)12-16-13-20-26(36(3)4)29(41)25(32(34)44)31(43)33(20,45)30(42)23(16)28(24)40/h6-7,14,16,20,26,39-40,43,45H,8-13,15H2,1-5H3,(H2,34,44)/t16-,20-,26-,33-/m1/s1. The monoisotopic (exact) mass is 635 g/mol. The predicted molar refractivity (Wildman–Crippen MR) is 169 cm³/mol. The van der Waals surface area contributed by atoms with Gasteiger partial charge in [-0.05, 0) is 63.7 Å². The van der Waals surface area contributed by atoms with E-state index >= 15 is 0 Å². The zero-order valence-electron chi connectivity index (χ0n) is 26.7. The fraction of sp³-hybridized carbons (Fsp3) is 0.485. The van der Waals surface area contributed by atoms with E-state index in [0.717, 1.165) is 31.9 Å². The van der Waals surface area contributed by atoms with Gasteiger partial charge < -0.3 is 40.4 Å². The number of phenolic OH excluding ortho intramolecular Hbond substituents is 1. The highest BCUT2D eigenvalue weighted by molar-refractivity contribution is 6.24. The highest BCUT2D eigenvalue weighted by atomic mass is 16.4. The fourth-order valence-corrected chi connectivity index (χ4v) is 7.71. The summed E-state index contributed by atoms with van der Waals surface area (Å²) in [6.07, 6.45) is 0.220. The number of aliphatic hydroxyl groups excluding tert-OH is 2. The summed E-state index contributed by atoms with van der Waals surface area (Å²) < 4.78 is 6.19. The Hall–Kier alpha value is -4.17. The van der Waals surface area contributed by atoms with E-state index in [1.807, 2.05) is 25.1 Å². The molecule has 6 N–H and O–H groups in total. The second kappa shape index (κ2) is 11.3. The van der Waals surface area contributed by atoms with Crippen molar-refractivity contribution in [2.75, 3.05) is 66.3 Å². The van der Waals surface area contributed by atoms with Gasteiger partial charge in [-0.1, -0.05) is 0 Å². The average molecular weight is 636 g/mol. The second-order valence-corrected chi connectivity index (χ2v) is 13.3. The van der Waals surface area contributed by atoms with E-state index < -0.39 is 58.0 Å². The molecule has 0 unspecified atom stereocenters. The molecule has 1 aliphatic heterocycles. The van der Waals surface area contributed by atoms with Crippen molar-refractivity contribution in [3.63, 3.8) is 0 Å². The minimum absolute atomic E-state index is 0.0227. The normalized spacial score (nSPS) is 27.2. The van der Waals surface area contributed by atoms with Crippen LogP contribution in [-0.2, 0) is 27.3 Å². The number of aliphatic hydroxyl groups is 3. The summed E-state index contributed by atoms with van der Waals surface area (Å²) in [4.78, 5) is 47.7. The molecule has 246 valence electrons. The van der Waals surface area contributed by atoms with Crippen LogP contribution in [0.4, 0.5) is 5.69 Å². The lowest BCUT2D eigenvalue weighted by molar-refractivity contribution is -0.153. The number of primary amides is 1. The number of hydrogen-bond acceptors (Lipinski definition) is 12. The molecule has 4 atom stereocenters. The number of phenols is 1. The Morgan fingerprint density at radius 2 is 1.76 bits per heavy atom. The molecule has 2 fully saturated rings. The molecule has 3 aliphatic carbocycles. The number of furan rings is 1. The topological polar surface area (TPSA) is 184 Å². The largest absolute Gasteiger partial charge is 0.508 e. The van der Waals surface area contributed by atoms with Gasteiger partial charge in [0.25, 0.3) is 5.91 Å². The molecule has 2 aromatic rings. The van der Waals surface area contributed by atoms with E-state index in [-0.39, 0.29) is 29.7 Å². The van der Waals surface area contributed by atoms with Crippen LogP contribution in [0.15, 0.2) is 39.5 Å². The van der Waals surface area contributed by atoms with Crippen molar-refractivity contribution >= 4 is 28.9 Å². The van der Waals surface area contributed by atoms with Crippen LogP contribution in [0.5, 0.6) is 5.75 Å².